The van der Waals surface area contributed by atoms with Gasteiger partial charge in [-0.3, -0.25) is 10.1 Å². The summed E-state index contributed by atoms with van der Waals surface area (Å²) in [5.74, 6) is -1.53. The molecule has 0 fully saturated rings. The fourth-order valence-corrected chi connectivity index (χ4v) is 1.68. The fourth-order valence-electron chi connectivity index (χ4n) is 1.68. The van der Waals surface area contributed by atoms with Gasteiger partial charge in [0.15, 0.2) is 0 Å². The quantitative estimate of drug-likeness (QED) is 0.867. The Hall–Kier alpha value is -1.49. The summed E-state index contributed by atoms with van der Waals surface area (Å²) in [5.41, 5.74) is 4.65. The summed E-state index contributed by atoms with van der Waals surface area (Å²) in [6.07, 6.45) is 0. The molecule has 1 amide bonds. The van der Waals surface area contributed by atoms with Crippen molar-refractivity contribution in [2.75, 3.05) is 0 Å². The first-order valence-corrected chi connectivity index (χ1v) is 5.68. The number of carbonyl (C=O) groups excluding carboxylic acids is 1. The van der Waals surface area contributed by atoms with Gasteiger partial charge in [0.05, 0.1) is 5.54 Å². The lowest BCUT2D eigenvalue weighted by Crippen LogP contribution is -2.51. The first kappa shape index (κ1) is 14.6. The van der Waals surface area contributed by atoms with Crippen molar-refractivity contribution in [1.82, 2.24) is 5.32 Å². The molecule has 0 bridgehead atoms. The topological polar surface area (TPSA) is 55.1 Å². The molecule has 100 valence electrons. The van der Waals surface area contributed by atoms with E-state index in [1.165, 1.54) is 6.92 Å². The highest BCUT2D eigenvalue weighted by atomic mass is 19.1. The van der Waals surface area contributed by atoms with E-state index in [4.69, 9.17) is 5.73 Å². The Bertz CT molecular complexity index is 472. The molecule has 0 aromatic heterocycles. The minimum Gasteiger partial charge on any atom is -0.368 e. The number of nitrogens with two attached hydrogens (primary N) is 1. The Morgan fingerprint density at radius 3 is 2.39 bits per heavy atom. The summed E-state index contributed by atoms with van der Waals surface area (Å²) >= 11 is 0. The van der Waals surface area contributed by atoms with Crippen LogP contribution in [0.5, 0.6) is 0 Å². The third-order valence-electron chi connectivity index (χ3n) is 2.94. The predicted octanol–water partition coefficient (Wildman–Crippen LogP) is 2.19. The van der Waals surface area contributed by atoms with Gasteiger partial charge in [-0.05, 0) is 45.4 Å². The number of amides is 1. The van der Waals surface area contributed by atoms with Crippen LogP contribution in [0.15, 0.2) is 12.1 Å². The third-order valence-corrected chi connectivity index (χ3v) is 2.94. The number of halogens is 2. The second-order valence-corrected chi connectivity index (χ2v) is 4.98. The second kappa shape index (κ2) is 5.02. The molecular formula is C13H18F2N2O. The lowest BCUT2D eigenvalue weighted by atomic mass is 9.99. The highest BCUT2D eigenvalue weighted by molar-refractivity contribution is 5.83. The average Bonchev–Trinajstić information content (AvgIpc) is 2.22. The number of benzene rings is 1. The number of rotatable bonds is 4. The van der Waals surface area contributed by atoms with Crippen LogP contribution in [-0.2, 0) is 4.79 Å². The number of hydrogen-bond donors (Lipinski definition) is 2. The maximum atomic E-state index is 13.7. The molecule has 3 N–H and O–H groups in total. The smallest absolute Gasteiger partial charge is 0.237 e. The van der Waals surface area contributed by atoms with Crippen molar-refractivity contribution in [2.24, 2.45) is 5.73 Å². The van der Waals surface area contributed by atoms with Crippen LogP contribution in [0.4, 0.5) is 8.78 Å². The van der Waals surface area contributed by atoms with Crippen molar-refractivity contribution in [3.05, 3.63) is 34.9 Å². The number of carbonyl (C=O) groups is 1. The number of nitrogens with one attached hydrogen (secondary N) is 1. The van der Waals surface area contributed by atoms with E-state index in [-0.39, 0.29) is 11.1 Å². The molecule has 0 radical (unpaired) electrons. The van der Waals surface area contributed by atoms with Crippen molar-refractivity contribution in [3.63, 3.8) is 0 Å². The molecule has 1 atom stereocenters. The van der Waals surface area contributed by atoms with Gasteiger partial charge in [-0.25, -0.2) is 8.78 Å². The molecule has 0 aliphatic heterocycles. The average molecular weight is 256 g/mol. The zero-order valence-electron chi connectivity index (χ0n) is 11.0. The van der Waals surface area contributed by atoms with E-state index in [1.807, 2.05) is 0 Å². The highest BCUT2D eigenvalue weighted by Crippen LogP contribution is 2.22. The summed E-state index contributed by atoms with van der Waals surface area (Å²) in [7, 11) is 0. The molecule has 18 heavy (non-hydrogen) atoms. The van der Waals surface area contributed by atoms with Crippen LogP contribution < -0.4 is 11.1 Å². The minimum absolute atomic E-state index is 0.174. The Morgan fingerprint density at radius 2 is 1.89 bits per heavy atom. The lowest BCUT2D eigenvalue weighted by molar-refractivity contribution is -0.123. The van der Waals surface area contributed by atoms with Crippen molar-refractivity contribution in [1.29, 1.82) is 0 Å². The van der Waals surface area contributed by atoms with Crippen LogP contribution in [-0.4, -0.2) is 11.4 Å². The van der Waals surface area contributed by atoms with Crippen LogP contribution in [0.25, 0.3) is 0 Å². The van der Waals surface area contributed by atoms with E-state index in [0.717, 1.165) is 12.1 Å². The number of aryl methyl sites for hydroxylation is 1. The monoisotopic (exact) mass is 256 g/mol. The highest BCUT2D eigenvalue weighted by Gasteiger charge is 2.28. The van der Waals surface area contributed by atoms with Gasteiger partial charge in [-0.1, -0.05) is 0 Å². The van der Waals surface area contributed by atoms with E-state index >= 15 is 0 Å². The van der Waals surface area contributed by atoms with Crippen LogP contribution in [0.1, 0.15) is 37.9 Å². The lowest BCUT2D eigenvalue weighted by Gasteiger charge is -2.27. The predicted molar refractivity (Wildman–Crippen MR) is 65.9 cm³/mol. The second-order valence-electron chi connectivity index (χ2n) is 4.98. The molecule has 0 spiro atoms. The molecular weight excluding hydrogens is 238 g/mol. The first-order chi connectivity index (χ1) is 8.15. The maximum absolute atomic E-state index is 13.7. The molecule has 1 unspecified atom stereocenters. The van der Waals surface area contributed by atoms with Gasteiger partial charge in [-0.15, -0.1) is 0 Å². The molecule has 0 saturated carbocycles. The Morgan fingerprint density at radius 1 is 1.33 bits per heavy atom. The summed E-state index contributed by atoms with van der Waals surface area (Å²) in [5, 5.41) is 2.88. The Balaban J connectivity index is 3.01. The molecule has 0 saturated heterocycles. The molecule has 0 heterocycles. The molecule has 1 aromatic rings. The van der Waals surface area contributed by atoms with Crippen molar-refractivity contribution in [3.8, 4) is 0 Å². The standard InChI is InChI=1S/C13H18F2N2O/c1-7-5-11(15)9(6-10(7)14)8(2)17-13(3,4)12(16)18/h5-6,8,17H,1-4H3,(H2,16,18). The van der Waals surface area contributed by atoms with Crippen molar-refractivity contribution >= 4 is 5.91 Å². The summed E-state index contributed by atoms with van der Waals surface area (Å²) < 4.78 is 27.2. The maximum Gasteiger partial charge on any atom is 0.237 e. The van der Waals surface area contributed by atoms with Crippen molar-refractivity contribution in [2.45, 2.75) is 39.3 Å². The van der Waals surface area contributed by atoms with Crippen LogP contribution in [0, 0.1) is 18.6 Å². The first-order valence-electron chi connectivity index (χ1n) is 5.68. The molecule has 1 rings (SSSR count). The molecule has 0 aliphatic rings. The molecule has 5 heteroatoms. The van der Waals surface area contributed by atoms with E-state index in [2.05, 4.69) is 5.32 Å². The van der Waals surface area contributed by atoms with Crippen molar-refractivity contribution < 1.29 is 13.6 Å². The molecule has 1 aromatic carbocycles. The summed E-state index contributed by atoms with van der Waals surface area (Å²) in [6, 6.07) is 1.75. The normalized spacial score (nSPS) is 13.4. The minimum atomic E-state index is -0.993. The Kier molecular flexibility index (Phi) is 4.06. The van der Waals surface area contributed by atoms with E-state index < -0.39 is 29.1 Å². The molecule has 0 aliphatic carbocycles. The SMILES string of the molecule is Cc1cc(F)c(C(C)NC(C)(C)C(N)=O)cc1F. The Labute approximate surface area is 105 Å². The van der Waals surface area contributed by atoms with Gasteiger partial charge in [0.1, 0.15) is 11.6 Å². The van der Waals surface area contributed by atoms with Gasteiger partial charge in [0, 0.05) is 11.6 Å². The van der Waals surface area contributed by atoms with Gasteiger partial charge < -0.3 is 5.73 Å². The zero-order valence-corrected chi connectivity index (χ0v) is 11.0. The van der Waals surface area contributed by atoms with E-state index in [9.17, 15) is 13.6 Å². The number of primary amides is 1. The van der Waals surface area contributed by atoms with Crippen LogP contribution >= 0.6 is 0 Å². The van der Waals surface area contributed by atoms with Gasteiger partial charge >= 0.3 is 0 Å². The number of hydrogen-bond acceptors (Lipinski definition) is 2. The largest absolute Gasteiger partial charge is 0.368 e. The molecule has 3 nitrogen and oxygen atoms in total. The fraction of sp³-hybridized carbons (Fsp3) is 0.462. The van der Waals surface area contributed by atoms with Crippen LogP contribution in [0.3, 0.4) is 0 Å². The third kappa shape index (κ3) is 3.04. The van der Waals surface area contributed by atoms with Gasteiger partial charge in [0.25, 0.3) is 0 Å². The summed E-state index contributed by atoms with van der Waals surface area (Å²) in [6.45, 7) is 6.33. The van der Waals surface area contributed by atoms with E-state index in [1.54, 1.807) is 20.8 Å². The zero-order chi connectivity index (χ0) is 14.1. The van der Waals surface area contributed by atoms with Gasteiger partial charge in [0.2, 0.25) is 5.91 Å². The van der Waals surface area contributed by atoms with E-state index in [0.29, 0.717) is 0 Å². The summed E-state index contributed by atoms with van der Waals surface area (Å²) in [4.78, 5) is 11.2. The van der Waals surface area contributed by atoms with Gasteiger partial charge in [-0.2, -0.15) is 0 Å². The van der Waals surface area contributed by atoms with Crippen LogP contribution in [0.2, 0.25) is 0 Å².